The standard InChI is InChI=1S/C35H43N3O5/c1-3-11-26(21-33(40)38-18-10-15-30(38)23-39)34(41)37-29(20-28-22-36-32-17-9-8-16-31(28)32)24-43-35(42)27(12-4-2)19-25-13-6-5-7-14-25/h3-9,13-14,16-17,22,26-27,29-30,36,39H,1-2,10-12,15,18-21,23-24H2,(H,37,41)/t26-,27-,29+,30+/m1/s1. The Balaban J connectivity index is 1.48. The van der Waals surface area contributed by atoms with Crippen molar-refractivity contribution >= 4 is 28.7 Å². The highest BCUT2D eigenvalue weighted by molar-refractivity contribution is 5.87. The van der Waals surface area contributed by atoms with Crippen molar-refractivity contribution in [2.45, 2.75) is 57.0 Å². The molecule has 4 atom stereocenters. The van der Waals surface area contributed by atoms with E-state index >= 15 is 0 Å². The van der Waals surface area contributed by atoms with Crippen LogP contribution in [0.2, 0.25) is 0 Å². The fourth-order valence-corrected chi connectivity index (χ4v) is 5.87. The summed E-state index contributed by atoms with van der Waals surface area (Å²) in [5, 5.41) is 13.8. The van der Waals surface area contributed by atoms with Gasteiger partial charge in [-0.15, -0.1) is 13.2 Å². The lowest BCUT2D eigenvalue weighted by molar-refractivity contribution is -0.149. The number of ether oxygens (including phenoxy) is 1. The Morgan fingerprint density at radius 3 is 2.49 bits per heavy atom. The Bertz CT molecular complexity index is 1380. The topological polar surface area (TPSA) is 112 Å². The van der Waals surface area contributed by atoms with Gasteiger partial charge in [0.15, 0.2) is 0 Å². The van der Waals surface area contributed by atoms with Crippen molar-refractivity contribution in [3.63, 3.8) is 0 Å². The van der Waals surface area contributed by atoms with E-state index in [1.165, 1.54) is 0 Å². The number of aliphatic hydroxyl groups excluding tert-OH is 1. The number of nitrogens with one attached hydrogen (secondary N) is 2. The number of carbonyl (C=O) groups is 3. The van der Waals surface area contributed by atoms with Crippen LogP contribution in [0.3, 0.4) is 0 Å². The number of amides is 2. The van der Waals surface area contributed by atoms with Crippen LogP contribution in [0, 0.1) is 11.8 Å². The largest absolute Gasteiger partial charge is 0.463 e. The second-order valence-corrected chi connectivity index (χ2v) is 11.3. The van der Waals surface area contributed by atoms with Crippen molar-refractivity contribution < 1.29 is 24.2 Å². The van der Waals surface area contributed by atoms with Gasteiger partial charge in [0.1, 0.15) is 6.61 Å². The molecule has 0 spiro atoms. The molecule has 1 aliphatic rings. The van der Waals surface area contributed by atoms with Gasteiger partial charge in [0.05, 0.1) is 30.5 Å². The third-order valence-corrected chi connectivity index (χ3v) is 8.18. The molecule has 0 aliphatic carbocycles. The summed E-state index contributed by atoms with van der Waals surface area (Å²) in [6.07, 6.45) is 8.65. The second kappa shape index (κ2) is 15.9. The number of allylic oxidation sites excluding steroid dienone is 2. The first-order chi connectivity index (χ1) is 20.9. The number of nitrogens with zero attached hydrogens (tertiary/aromatic N) is 1. The predicted molar refractivity (Wildman–Crippen MR) is 168 cm³/mol. The number of para-hydroxylation sites is 1. The highest BCUT2D eigenvalue weighted by Crippen LogP contribution is 2.23. The summed E-state index contributed by atoms with van der Waals surface area (Å²) < 4.78 is 5.85. The summed E-state index contributed by atoms with van der Waals surface area (Å²) in [5.74, 6) is -1.80. The van der Waals surface area contributed by atoms with Crippen LogP contribution < -0.4 is 5.32 Å². The number of carbonyl (C=O) groups excluding carboxylic acids is 3. The smallest absolute Gasteiger partial charge is 0.309 e. The molecule has 2 heterocycles. The summed E-state index contributed by atoms with van der Waals surface area (Å²) in [5.41, 5.74) is 3.00. The third-order valence-electron chi connectivity index (χ3n) is 8.18. The van der Waals surface area contributed by atoms with Crippen molar-refractivity contribution in [1.82, 2.24) is 15.2 Å². The average Bonchev–Trinajstić information content (AvgIpc) is 3.67. The molecule has 1 aliphatic heterocycles. The van der Waals surface area contributed by atoms with Crippen LogP contribution in [0.15, 0.2) is 86.1 Å². The Hall–Kier alpha value is -4.17. The van der Waals surface area contributed by atoms with Gasteiger partial charge in [-0.25, -0.2) is 0 Å². The Labute approximate surface area is 253 Å². The summed E-state index contributed by atoms with van der Waals surface area (Å²) in [6.45, 7) is 8.10. The van der Waals surface area contributed by atoms with Gasteiger partial charge in [0, 0.05) is 30.1 Å². The first-order valence-corrected chi connectivity index (χ1v) is 15.1. The Kier molecular flexibility index (Phi) is 11.7. The lowest BCUT2D eigenvalue weighted by Gasteiger charge is -2.26. The molecule has 1 saturated heterocycles. The number of aromatic nitrogens is 1. The fraction of sp³-hybridized carbons (Fsp3) is 0.400. The van der Waals surface area contributed by atoms with Crippen molar-refractivity contribution in [2.24, 2.45) is 11.8 Å². The minimum absolute atomic E-state index is 0.0139. The number of hydrogen-bond donors (Lipinski definition) is 3. The van der Waals surface area contributed by atoms with Crippen molar-refractivity contribution in [3.8, 4) is 0 Å². The molecular formula is C35H43N3O5. The lowest BCUT2D eigenvalue weighted by Crippen LogP contribution is -2.45. The van der Waals surface area contributed by atoms with Gasteiger partial charge < -0.3 is 25.0 Å². The van der Waals surface area contributed by atoms with E-state index in [0.29, 0.717) is 32.2 Å². The normalized spacial score (nSPS) is 16.8. The second-order valence-electron chi connectivity index (χ2n) is 11.3. The van der Waals surface area contributed by atoms with E-state index in [4.69, 9.17) is 4.74 Å². The van der Waals surface area contributed by atoms with E-state index in [1.54, 1.807) is 17.1 Å². The highest BCUT2D eigenvalue weighted by atomic mass is 16.5. The van der Waals surface area contributed by atoms with E-state index in [-0.39, 0.29) is 43.5 Å². The molecule has 8 heteroatoms. The van der Waals surface area contributed by atoms with Gasteiger partial charge in [-0.3, -0.25) is 14.4 Å². The zero-order valence-electron chi connectivity index (χ0n) is 24.8. The minimum atomic E-state index is -0.627. The van der Waals surface area contributed by atoms with Crippen LogP contribution in [0.4, 0.5) is 0 Å². The highest BCUT2D eigenvalue weighted by Gasteiger charge is 2.32. The number of H-pyrrole nitrogens is 1. The number of rotatable bonds is 16. The minimum Gasteiger partial charge on any atom is -0.463 e. The molecule has 2 aromatic carbocycles. The molecular weight excluding hydrogens is 542 g/mol. The number of benzene rings is 2. The molecule has 43 heavy (non-hydrogen) atoms. The first kappa shape index (κ1) is 31.8. The average molecular weight is 586 g/mol. The monoisotopic (exact) mass is 585 g/mol. The van der Waals surface area contributed by atoms with Crippen LogP contribution in [0.5, 0.6) is 0 Å². The molecule has 2 amide bonds. The molecule has 1 fully saturated rings. The van der Waals surface area contributed by atoms with Crippen molar-refractivity contribution in [3.05, 3.63) is 97.2 Å². The maximum absolute atomic E-state index is 13.6. The summed E-state index contributed by atoms with van der Waals surface area (Å²) in [4.78, 5) is 44.9. The maximum Gasteiger partial charge on any atom is 0.309 e. The van der Waals surface area contributed by atoms with E-state index in [9.17, 15) is 19.5 Å². The van der Waals surface area contributed by atoms with E-state index in [0.717, 1.165) is 34.9 Å². The molecule has 3 aromatic rings. The molecule has 1 aromatic heterocycles. The number of aromatic amines is 1. The third kappa shape index (κ3) is 8.67. The van der Waals surface area contributed by atoms with Crippen LogP contribution in [-0.4, -0.2) is 64.6 Å². The van der Waals surface area contributed by atoms with Gasteiger partial charge in [0.2, 0.25) is 11.8 Å². The zero-order chi connectivity index (χ0) is 30.6. The van der Waals surface area contributed by atoms with Gasteiger partial charge in [0.25, 0.3) is 0 Å². The molecule has 0 bridgehead atoms. The van der Waals surface area contributed by atoms with Crippen molar-refractivity contribution in [2.75, 3.05) is 19.8 Å². The van der Waals surface area contributed by atoms with Crippen LogP contribution in [0.25, 0.3) is 10.9 Å². The maximum atomic E-state index is 13.6. The zero-order valence-corrected chi connectivity index (χ0v) is 24.8. The SMILES string of the molecule is C=CC[C@H](CC(=O)N1CCC[C@H]1CO)C(=O)N[C@H](COC(=O)[C@H](CC=C)Cc1ccccc1)Cc1c[nH]c2ccccc12. The van der Waals surface area contributed by atoms with Gasteiger partial charge >= 0.3 is 5.97 Å². The Morgan fingerprint density at radius 2 is 1.74 bits per heavy atom. The first-order valence-electron chi connectivity index (χ1n) is 15.1. The van der Waals surface area contributed by atoms with Crippen LogP contribution in [-0.2, 0) is 32.0 Å². The Morgan fingerprint density at radius 1 is 1.02 bits per heavy atom. The lowest BCUT2D eigenvalue weighted by atomic mass is 9.96. The van der Waals surface area contributed by atoms with E-state index < -0.39 is 17.9 Å². The molecule has 8 nitrogen and oxygen atoms in total. The van der Waals surface area contributed by atoms with Crippen LogP contribution in [0.1, 0.15) is 43.2 Å². The number of aliphatic hydroxyl groups is 1. The number of esters is 1. The summed E-state index contributed by atoms with van der Waals surface area (Å²) in [7, 11) is 0. The molecule has 0 radical (unpaired) electrons. The van der Waals surface area contributed by atoms with Gasteiger partial charge in [-0.2, -0.15) is 0 Å². The van der Waals surface area contributed by atoms with E-state index in [2.05, 4.69) is 23.5 Å². The van der Waals surface area contributed by atoms with Gasteiger partial charge in [-0.05, 0) is 55.7 Å². The summed E-state index contributed by atoms with van der Waals surface area (Å²) >= 11 is 0. The molecule has 4 rings (SSSR count). The number of hydrogen-bond acceptors (Lipinski definition) is 5. The van der Waals surface area contributed by atoms with E-state index in [1.807, 2.05) is 60.8 Å². The predicted octanol–water partition coefficient (Wildman–Crippen LogP) is 4.74. The fourth-order valence-electron chi connectivity index (χ4n) is 5.87. The molecule has 0 saturated carbocycles. The van der Waals surface area contributed by atoms with Crippen molar-refractivity contribution in [1.29, 1.82) is 0 Å². The molecule has 3 N–H and O–H groups in total. The molecule has 0 unspecified atom stereocenters. The van der Waals surface area contributed by atoms with Gasteiger partial charge in [-0.1, -0.05) is 60.7 Å². The number of likely N-dealkylation sites (tertiary alicyclic amines) is 1. The quantitative estimate of drug-likeness (QED) is 0.166. The van der Waals surface area contributed by atoms with Crippen LogP contribution >= 0.6 is 0 Å². The number of fused-ring (bicyclic) bond motifs is 1. The molecule has 228 valence electrons. The summed E-state index contributed by atoms with van der Waals surface area (Å²) in [6, 6.07) is 17.0.